The Hall–Kier alpha value is -1.94. The Kier molecular flexibility index (Phi) is 5.07. The number of ether oxygens (including phenoxy) is 1. The van der Waals surface area contributed by atoms with Crippen LogP contribution in [-0.2, 0) is 13.0 Å². The van der Waals surface area contributed by atoms with Crippen molar-refractivity contribution in [1.29, 1.82) is 0 Å². The second-order valence-electron chi connectivity index (χ2n) is 4.74. The maximum Gasteiger partial charge on any atom is 0.165 e. The van der Waals surface area contributed by atoms with Gasteiger partial charge in [-0.3, -0.25) is 4.98 Å². The fraction of sp³-hybridized carbons (Fsp3) is 0.312. The van der Waals surface area contributed by atoms with Gasteiger partial charge in [0.2, 0.25) is 0 Å². The van der Waals surface area contributed by atoms with Gasteiger partial charge in [0.25, 0.3) is 0 Å². The molecule has 2 aromatic rings. The van der Waals surface area contributed by atoms with Crippen LogP contribution in [0, 0.1) is 5.82 Å². The van der Waals surface area contributed by atoms with Crippen LogP contribution in [0.2, 0.25) is 0 Å². The first-order chi connectivity index (χ1) is 9.70. The fourth-order valence-corrected chi connectivity index (χ4v) is 1.94. The van der Waals surface area contributed by atoms with Gasteiger partial charge in [0, 0.05) is 18.4 Å². The zero-order valence-electron chi connectivity index (χ0n) is 11.6. The third-order valence-electron chi connectivity index (χ3n) is 3.19. The molecule has 1 heterocycles. The van der Waals surface area contributed by atoms with Gasteiger partial charge in [-0.25, -0.2) is 4.39 Å². The summed E-state index contributed by atoms with van der Waals surface area (Å²) in [5.74, 6) is -0.0481. The van der Waals surface area contributed by atoms with E-state index in [2.05, 4.69) is 4.98 Å². The highest BCUT2D eigenvalue weighted by atomic mass is 19.1. The molecule has 1 atom stereocenters. The number of pyridine rings is 1. The molecule has 0 bridgehead atoms. The largest absolute Gasteiger partial charge is 0.486 e. The van der Waals surface area contributed by atoms with Gasteiger partial charge >= 0.3 is 0 Å². The Morgan fingerprint density at radius 1 is 1.25 bits per heavy atom. The van der Waals surface area contributed by atoms with Crippen molar-refractivity contribution in [2.45, 2.75) is 32.4 Å². The van der Waals surface area contributed by atoms with Crippen molar-refractivity contribution in [2.24, 2.45) is 5.73 Å². The number of nitrogens with two attached hydrogens (primary N) is 1. The second kappa shape index (κ2) is 7.01. The molecule has 0 saturated carbocycles. The number of halogens is 1. The topological polar surface area (TPSA) is 48.1 Å². The van der Waals surface area contributed by atoms with Crippen LogP contribution < -0.4 is 10.5 Å². The van der Waals surface area contributed by atoms with E-state index >= 15 is 0 Å². The Bertz CT molecular complexity index is 545. The molecule has 3 nitrogen and oxygen atoms in total. The van der Waals surface area contributed by atoms with E-state index in [0.717, 1.165) is 17.5 Å². The van der Waals surface area contributed by atoms with E-state index in [-0.39, 0.29) is 11.9 Å². The van der Waals surface area contributed by atoms with Crippen LogP contribution in [0.4, 0.5) is 4.39 Å². The molecule has 0 radical (unpaired) electrons. The Balaban J connectivity index is 2.13. The van der Waals surface area contributed by atoms with E-state index in [0.29, 0.717) is 18.8 Å². The van der Waals surface area contributed by atoms with E-state index in [1.165, 1.54) is 6.07 Å². The lowest BCUT2D eigenvalue weighted by Gasteiger charge is -2.15. The summed E-state index contributed by atoms with van der Waals surface area (Å²) < 4.78 is 19.6. The zero-order valence-corrected chi connectivity index (χ0v) is 11.6. The lowest BCUT2D eigenvalue weighted by molar-refractivity contribution is 0.286. The van der Waals surface area contributed by atoms with Crippen LogP contribution >= 0.6 is 0 Å². The van der Waals surface area contributed by atoms with Gasteiger partial charge in [-0.1, -0.05) is 19.1 Å². The summed E-state index contributed by atoms with van der Waals surface area (Å²) in [7, 11) is 0. The molecular weight excluding hydrogens is 255 g/mol. The average molecular weight is 274 g/mol. The highest BCUT2D eigenvalue weighted by Crippen LogP contribution is 2.25. The maximum atomic E-state index is 13.9. The molecule has 2 rings (SSSR count). The molecule has 106 valence electrons. The number of benzene rings is 1. The van der Waals surface area contributed by atoms with Crippen LogP contribution in [0.3, 0.4) is 0 Å². The summed E-state index contributed by atoms with van der Waals surface area (Å²) in [6.07, 6.45) is 4.84. The zero-order chi connectivity index (χ0) is 14.4. The SMILES string of the molecule is CCC(N)Cc1cccc(F)c1OCc1ccncc1. The van der Waals surface area contributed by atoms with Crippen molar-refractivity contribution < 1.29 is 9.13 Å². The summed E-state index contributed by atoms with van der Waals surface area (Å²) in [5, 5.41) is 0. The van der Waals surface area contributed by atoms with Crippen LogP contribution in [0.15, 0.2) is 42.7 Å². The number of aromatic nitrogens is 1. The molecule has 0 aliphatic heterocycles. The van der Waals surface area contributed by atoms with Gasteiger partial charge in [-0.05, 0) is 42.2 Å². The van der Waals surface area contributed by atoms with Gasteiger partial charge in [-0.15, -0.1) is 0 Å². The summed E-state index contributed by atoms with van der Waals surface area (Å²) >= 11 is 0. The molecule has 1 aromatic heterocycles. The van der Waals surface area contributed by atoms with E-state index in [9.17, 15) is 4.39 Å². The molecule has 0 fully saturated rings. The number of hydrogen-bond donors (Lipinski definition) is 1. The third kappa shape index (κ3) is 3.78. The van der Waals surface area contributed by atoms with Gasteiger partial charge in [-0.2, -0.15) is 0 Å². The lowest BCUT2D eigenvalue weighted by atomic mass is 10.0. The van der Waals surface area contributed by atoms with Crippen molar-refractivity contribution in [1.82, 2.24) is 4.98 Å². The predicted molar refractivity (Wildman–Crippen MR) is 76.9 cm³/mol. The van der Waals surface area contributed by atoms with Crippen molar-refractivity contribution in [3.63, 3.8) is 0 Å². The number of para-hydroxylation sites is 1. The average Bonchev–Trinajstić information content (AvgIpc) is 2.47. The summed E-state index contributed by atoms with van der Waals surface area (Å²) in [6, 6.07) is 8.66. The minimum atomic E-state index is -0.347. The first-order valence-corrected chi connectivity index (χ1v) is 6.75. The van der Waals surface area contributed by atoms with E-state index in [1.54, 1.807) is 18.5 Å². The smallest absolute Gasteiger partial charge is 0.165 e. The first-order valence-electron chi connectivity index (χ1n) is 6.75. The molecule has 0 aliphatic carbocycles. The number of rotatable bonds is 6. The predicted octanol–water partition coefficient (Wildman–Crippen LogP) is 3.08. The molecule has 4 heteroatoms. The van der Waals surface area contributed by atoms with Gasteiger partial charge in [0.1, 0.15) is 6.61 Å². The quantitative estimate of drug-likeness (QED) is 0.880. The molecule has 0 aliphatic rings. The van der Waals surface area contributed by atoms with Crippen LogP contribution in [0.25, 0.3) is 0 Å². The fourth-order valence-electron chi connectivity index (χ4n) is 1.94. The number of hydrogen-bond acceptors (Lipinski definition) is 3. The lowest BCUT2D eigenvalue weighted by Crippen LogP contribution is -2.22. The van der Waals surface area contributed by atoms with E-state index in [4.69, 9.17) is 10.5 Å². The van der Waals surface area contributed by atoms with Crippen LogP contribution in [0.5, 0.6) is 5.75 Å². The standard InChI is InChI=1S/C16H19FN2O/c1-2-14(18)10-13-4-3-5-15(17)16(13)20-11-12-6-8-19-9-7-12/h3-9,14H,2,10-11,18H2,1H3. The first kappa shape index (κ1) is 14.5. The Morgan fingerprint density at radius 2 is 2.00 bits per heavy atom. The highest BCUT2D eigenvalue weighted by Gasteiger charge is 2.12. The summed E-state index contributed by atoms with van der Waals surface area (Å²) in [4.78, 5) is 3.94. The number of nitrogens with zero attached hydrogens (tertiary/aromatic N) is 1. The molecule has 0 amide bonds. The Morgan fingerprint density at radius 3 is 2.70 bits per heavy atom. The van der Waals surface area contributed by atoms with Gasteiger partial charge in [0.05, 0.1) is 0 Å². The van der Waals surface area contributed by atoms with Crippen LogP contribution in [-0.4, -0.2) is 11.0 Å². The molecule has 20 heavy (non-hydrogen) atoms. The van der Waals surface area contributed by atoms with Gasteiger partial charge in [0.15, 0.2) is 11.6 Å². The normalized spacial score (nSPS) is 12.2. The Labute approximate surface area is 118 Å². The van der Waals surface area contributed by atoms with Crippen molar-refractivity contribution in [3.05, 3.63) is 59.7 Å². The molecule has 1 unspecified atom stereocenters. The maximum absolute atomic E-state index is 13.9. The monoisotopic (exact) mass is 274 g/mol. The highest BCUT2D eigenvalue weighted by molar-refractivity contribution is 5.35. The second-order valence-corrected chi connectivity index (χ2v) is 4.74. The van der Waals surface area contributed by atoms with Crippen molar-refractivity contribution >= 4 is 0 Å². The molecule has 1 aromatic carbocycles. The van der Waals surface area contributed by atoms with Crippen LogP contribution in [0.1, 0.15) is 24.5 Å². The molecule has 0 spiro atoms. The van der Waals surface area contributed by atoms with Gasteiger partial charge < -0.3 is 10.5 Å². The molecule has 2 N–H and O–H groups in total. The third-order valence-corrected chi connectivity index (χ3v) is 3.19. The van der Waals surface area contributed by atoms with Crippen molar-refractivity contribution in [3.8, 4) is 5.75 Å². The summed E-state index contributed by atoms with van der Waals surface area (Å²) in [5.41, 5.74) is 7.71. The minimum absolute atomic E-state index is 0.0140. The molecular formula is C16H19FN2O. The van der Waals surface area contributed by atoms with E-state index < -0.39 is 0 Å². The van der Waals surface area contributed by atoms with E-state index in [1.807, 2.05) is 25.1 Å². The van der Waals surface area contributed by atoms with Crippen molar-refractivity contribution in [2.75, 3.05) is 0 Å². The molecule has 0 saturated heterocycles. The minimum Gasteiger partial charge on any atom is -0.486 e. The summed E-state index contributed by atoms with van der Waals surface area (Å²) in [6.45, 7) is 2.33.